The minimum absolute atomic E-state index is 0.0642. The van der Waals surface area contributed by atoms with Crippen LogP contribution in [-0.4, -0.2) is 53.8 Å². The van der Waals surface area contributed by atoms with E-state index < -0.39 is 12.2 Å². The molecule has 1 heterocycles. The number of hydrogen-bond donors (Lipinski definition) is 2. The first-order chi connectivity index (χ1) is 14.5. The van der Waals surface area contributed by atoms with Crippen molar-refractivity contribution < 1.29 is 29.2 Å². The van der Waals surface area contributed by atoms with Gasteiger partial charge >= 0.3 is 5.97 Å². The van der Waals surface area contributed by atoms with E-state index in [0.29, 0.717) is 18.6 Å². The molecular weight excluding hydrogens is 384 g/mol. The van der Waals surface area contributed by atoms with Gasteiger partial charge in [0.15, 0.2) is 0 Å². The highest BCUT2D eigenvalue weighted by molar-refractivity contribution is 5.69. The lowest BCUT2D eigenvalue weighted by atomic mass is 9.94. The van der Waals surface area contributed by atoms with Crippen LogP contribution in [0, 0.1) is 5.92 Å². The Hall–Kier alpha value is -2.15. The van der Waals surface area contributed by atoms with Gasteiger partial charge in [0.2, 0.25) is 0 Å². The van der Waals surface area contributed by atoms with Gasteiger partial charge in [0, 0.05) is 12.3 Å². The number of unbranched alkanes of at least 4 members (excludes halogenated alkanes) is 1. The molecule has 2 rings (SSSR count). The molecule has 0 spiro atoms. The van der Waals surface area contributed by atoms with Crippen molar-refractivity contribution in [2.45, 2.75) is 63.9 Å². The second-order valence-corrected chi connectivity index (χ2v) is 7.74. The highest BCUT2D eigenvalue weighted by Crippen LogP contribution is 2.26. The van der Waals surface area contributed by atoms with Gasteiger partial charge in [-0.1, -0.05) is 42.5 Å². The molecule has 0 saturated carbocycles. The summed E-state index contributed by atoms with van der Waals surface area (Å²) in [7, 11) is 0. The van der Waals surface area contributed by atoms with Crippen LogP contribution < -0.4 is 4.74 Å². The molecule has 0 aliphatic carbocycles. The lowest BCUT2D eigenvalue weighted by Crippen LogP contribution is -2.23. The summed E-state index contributed by atoms with van der Waals surface area (Å²) in [5, 5.41) is 20.3. The predicted octanol–water partition coefficient (Wildman–Crippen LogP) is 3.43. The summed E-state index contributed by atoms with van der Waals surface area (Å²) in [5.41, 5.74) is 0. The molecule has 2 N–H and O–H groups in total. The topological polar surface area (TPSA) is 85.2 Å². The van der Waals surface area contributed by atoms with E-state index in [1.54, 1.807) is 12.2 Å². The quantitative estimate of drug-likeness (QED) is 0.307. The highest BCUT2D eigenvalue weighted by atomic mass is 16.5. The second kappa shape index (κ2) is 13.2. The van der Waals surface area contributed by atoms with Crippen molar-refractivity contribution in [1.29, 1.82) is 0 Å². The first-order valence-electron chi connectivity index (χ1n) is 10.6. The summed E-state index contributed by atoms with van der Waals surface area (Å²) in [6.45, 7) is 4.12. The Morgan fingerprint density at radius 1 is 1.27 bits per heavy atom. The van der Waals surface area contributed by atoms with Crippen LogP contribution in [0.25, 0.3) is 0 Å². The Bertz CT molecular complexity index is 670. The molecule has 0 amide bonds. The Morgan fingerprint density at radius 3 is 2.77 bits per heavy atom. The van der Waals surface area contributed by atoms with E-state index in [-0.39, 0.29) is 37.3 Å². The minimum Gasteiger partial charge on any atom is -0.491 e. The summed E-state index contributed by atoms with van der Waals surface area (Å²) in [4.78, 5) is 11.5. The van der Waals surface area contributed by atoms with Crippen LogP contribution >= 0.6 is 0 Å². The summed E-state index contributed by atoms with van der Waals surface area (Å²) >= 11 is 0. The molecule has 6 heteroatoms. The smallest absolute Gasteiger partial charge is 0.306 e. The number of aliphatic hydroxyl groups is 2. The zero-order valence-electron chi connectivity index (χ0n) is 17.9. The molecule has 1 aromatic rings. The third-order valence-electron chi connectivity index (χ3n) is 4.76. The van der Waals surface area contributed by atoms with Crippen molar-refractivity contribution in [2.75, 3.05) is 13.2 Å². The maximum absolute atomic E-state index is 11.5. The largest absolute Gasteiger partial charge is 0.491 e. The van der Waals surface area contributed by atoms with Crippen LogP contribution in [0.15, 0.2) is 54.6 Å². The standard InChI is InChI=1S/C24H34O6/c1-18(2)30-24(27)13-9-4-3-8-12-21-22(26)17-29-23(21)15-14-19(25)16-28-20-10-6-5-7-11-20/h3,5-8,10-11,14-15,18-19,21-23,25-26H,4,9,12-13,16-17H2,1-2H3/b8-3-,15-14+/t19-,21+,22+,23-/m1/s1. The van der Waals surface area contributed by atoms with Crippen molar-refractivity contribution in [3.63, 3.8) is 0 Å². The van der Waals surface area contributed by atoms with Gasteiger partial charge in [-0.25, -0.2) is 0 Å². The lowest BCUT2D eigenvalue weighted by Gasteiger charge is -2.16. The molecule has 0 radical (unpaired) electrons. The van der Waals surface area contributed by atoms with Gasteiger partial charge in [0.1, 0.15) is 18.5 Å². The monoisotopic (exact) mass is 418 g/mol. The fourth-order valence-corrected chi connectivity index (χ4v) is 3.21. The molecule has 1 aliphatic rings. The van der Waals surface area contributed by atoms with E-state index in [1.165, 1.54) is 0 Å². The third-order valence-corrected chi connectivity index (χ3v) is 4.76. The van der Waals surface area contributed by atoms with Gasteiger partial charge in [-0.15, -0.1) is 0 Å². The van der Waals surface area contributed by atoms with Crippen molar-refractivity contribution in [2.24, 2.45) is 5.92 Å². The second-order valence-electron chi connectivity index (χ2n) is 7.74. The van der Waals surface area contributed by atoms with Gasteiger partial charge in [0.25, 0.3) is 0 Å². The van der Waals surface area contributed by atoms with Crippen molar-refractivity contribution in [3.05, 3.63) is 54.6 Å². The van der Waals surface area contributed by atoms with Crippen molar-refractivity contribution in [3.8, 4) is 5.75 Å². The zero-order valence-corrected chi connectivity index (χ0v) is 17.9. The number of carbonyl (C=O) groups excluding carboxylic acids is 1. The Balaban J connectivity index is 1.70. The normalized spacial score (nSPS) is 22.8. The molecule has 0 bridgehead atoms. The summed E-state index contributed by atoms with van der Waals surface area (Å²) in [6, 6.07) is 9.33. The highest BCUT2D eigenvalue weighted by Gasteiger charge is 2.33. The van der Waals surface area contributed by atoms with Crippen molar-refractivity contribution >= 4 is 5.97 Å². The number of rotatable bonds is 12. The average molecular weight is 419 g/mol. The predicted molar refractivity (Wildman–Crippen MR) is 115 cm³/mol. The number of hydrogen-bond acceptors (Lipinski definition) is 6. The van der Waals surface area contributed by atoms with Gasteiger partial charge in [0.05, 0.1) is 24.9 Å². The van der Waals surface area contributed by atoms with E-state index in [0.717, 1.165) is 12.8 Å². The molecule has 1 aliphatic heterocycles. The van der Waals surface area contributed by atoms with Crippen LogP contribution in [0.3, 0.4) is 0 Å². The molecule has 0 aromatic heterocycles. The molecule has 1 saturated heterocycles. The van der Waals surface area contributed by atoms with Crippen LogP contribution in [-0.2, 0) is 14.3 Å². The van der Waals surface area contributed by atoms with E-state index in [1.807, 2.05) is 56.3 Å². The van der Waals surface area contributed by atoms with Crippen LogP contribution in [0.1, 0.15) is 39.5 Å². The number of allylic oxidation sites excluding steroid dienone is 2. The molecule has 4 atom stereocenters. The molecule has 166 valence electrons. The number of benzene rings is 1. The van der Waals surface area contributed by atoms with Gasteiger partial charge in [-0.2, -0.15) is 0 Å². The fourth-order valence-electron chi connectivity index (χ4n) is 3.21. The summed E-state index contributed by atoms with van der Waals surface area (Å²) < 4.78 is 16.3. The van der Waals surface area contributed by atoms with Crippen LogP contribution in [0.4, 0.5) is 0 Å². The zero-order chi connectivity index (χ0) is 21.8. The number of aliphatic hydroxyl groups excluding tert-OH is 2. The number of esters is 1. The third kappa shape index (κ3) is 9.11. The van der Waals surface area contributed by atoms with E-state index >= 15 is 0 Å². The first kappa shape index (κ1) is 24.1. The Labute approximate surface area is 179 Å². The Morgan fingerprint density at radius 2 is 2.03 bits per heavy atom. The summed E-state index contributed by atoms with van der Waals surface area (Å²) in [6.07, 6.45) is 8.48. The maximum atomic E-state index is 11.5. The van der Waals surface area contributed by atoms with Gasteiger partial charge in [-0.05, 0) is 45.2 Å². The maximum Gasteiger partial charge on any atom is 0.306 e. The number of carbonyl (C=O) groups is 1. The van der Waals surface area contributed by atoms with E-state index in [4.69, 9.17) is 14.2 Å². The van der Waals surface area contributed by atoms with Crippen molar-refractivity contribution in [1.82, 2.24) is 0 Å². The lowest BCUT2D eigenvalue weighted by molar-refractivity contribution is -0.147. The molecule has 30 heavy (non-hydrogen) atoms. The number of para-hydroxylation sites is 1. The SMILES string of the molecule is CC(C)OC(=O)CCC/C=C\C[C@H]1[C@@H](O)CO[C@@H]1/C=C/[C@@H](O)COc1ccccc1. The van der Waals surface area contributed by atoms with Crippen LogP contribution in [0.2, 0.25) is 0 Å². The molecule has 0 unspecified atom stereocenters. The van der Waals surface area contributed by atoms with E-state index in [2.05, 4.69) is 0 Å². The van der Waals surface area contributed by atoms with Crippen LogP contribution in [0.5, 0.6) is 5.75 Å². The Kier molecular flexibility index (Phi) is 10.6. The number of ether oxygens (including phenoxy) is 3. The minimum atomic E-state index is -0.756. The summed E-state index contributed by atoms with van der Waals surface area (Å²) in [5.74, 6) is 0.474. The molecule has 1 aromatic carbocycles. The van der Waals surface area contributed by atoms with Gasteiger partial charge in [-0.3, -0.25) is 4.79 Å². The van der Waals surface area contributed by atoms with E-state index in [9.17, 15) is 15.0 Å². The molecule has 6 nitrogen and oxygen atoms in total. The average Bonchev–Trinajstić information content (AvgIpc) is 3.07. The molecule has 1 fully saturated rings. The molecular formula is C24H34O6. The first-order valence-corrected chi connectivity index (χ1v) is 10.6. The fraction of sp³-hybridized carbons (Fsp3) is 0.542. The van der Waals surface area contributed by atoms with Gasteiger partial charge < -0.3 is 24.4 Å².